The number of amides is 1. The van der Waals surface area contributed by atoms with Crippen molar-refractivity contribution >= 4 is 45.7 Å². The van der Waals surface area contributed by atoms with Gasteiger partial charge in [-0.05, 0) is 46.3 Å². The van der Waals surface area contributed by atoms with E-state index >= 15 is 0 Å². The maximum absolute atomic E-state index is 13.1. The molecule has 0 aliphatic carbocycles. The summed E-state index contributed by atoms with van der Waals surface area (Å²) in [7, 11) is 0. The number of carbonyl (C=O) groups is 1. The van der Waals surface area contributed by atoms with Crippen LogP contribution in [-0.4, -0.2) is 37.1 Å². The molecule has 1 fully saturated rings. The van der Waals surface area contributed by atoms with E-state index in [0.717, 1.165) is 31.9 Å². The molecule has 3 rings (SSSR count). The van der Waals surface area contributed by atoms with E-state index in [-0.39, 0.29) is 18.3 Å². The molecule has 1 aliphatic heterocycles. The molecule has 2 heterocycles. The van der Waals surface area contributed by atoms with Crippen LogP contribution in [0.15, 0.2) is 41.0 Å². The second-order valence-corrected chi connectivity index (χ2v) is 6.07. The number of hydrogen-bond donors (Lipinski definition) is 2. The van der Waals surface area contributed by atoms with Gasteiger partial charge in [0.05, 0.1) is 17.4 Å². The summed E-state index contributed by atoms with van der Waals surface area (Å²) in [6.45, 7) is 3.79. The highest BCUT2D eigenvalue weighted by atomic mass is 79.9. The van der Waals surface area contributed by atoms with E-state index in [9.17, 15) is 9.18 Å². The van der Waals surface area contributed by atoms with Crippen molar-refractivity contribution in [1.29, 1.82) is 0 Å². The average molecular weight is 416 g/mol. The Balaban J connectivity index is 0.00000208. The molecule has 1 saturated heterocycles. The standard InChI is InChI=1S/C16H16BrFN4O.ClH/c17-14-9-11(18)1-3-13(14)16(23)21-15-4-2-12(10-20-15)22-7-5-19-6-8-22;/h1-4,9-10,19H,5-8H2,(H,20,21,23);1H. The Morgan fingerprint density at radius 1 is 1.25 bits per heavy atom. The number of rotatable bonds is 3. The monoisotopic (exact) mass is 414 g/mol. The predicted octanol–water partition coefficient (Wildman–Crippen LogP) is 3.07. The normalized spacial score (nSPS) is 14.0. The Kier molecular flexibility index (Phi) is 6.53. The van der Waals surface area contributed by atoms with Crippen molar-refractivity contribution in [3.05, 3.63) is 52.4 Å². The van der Waals surface area contributed by atoms with Crippen LogP contribution in [0.5, 0.6) is 0 Å². The molecule has 0 unspecified atom stereocenters. The lowest BCUT2D eigenvalue weighted by Gasteiger charge is -2.29. The lowest BCUT2D eigenvalue weighted by Crippen LogP contribution is -2.43. The number of pyridine rings is 1. The van der Waals surface area contributed by atoms with Crippen molar-refractivity contribution in [3.8, 4) is 0 Å². The fraction of sp³-hybridized carbons (Fsp3) is 0.250. The number of nitrogens with zero attached hydrogens (tertiary/aromatic N) is 2. The lowest BCUT2D eigenvalue weighted by atomic mass is 10.2. The molecular formula is C16H17BrClFN4O. The molecule has 8 heteroatoms. The maximum Gasteiger partial charge on any atom is 0.257 e. The van der Waals surface area contributed by atoms with E-state index in [2.05, 4.69) is 36.4 Å². The molecule has 0 saturated carbocycles. The Hall–Kier alpha value is -1.70. The summed E-state index contributed by atoms with van der Waals surface area (Å²) in [5.74, 6) is -0.267. The molecule has 1 aliphatic rings. The summed E-state index contributed by atoms with van der Waals surface area (Å²) in [4.78, 5) is 18.7. The smallest absolute Gasteiger partial charge is 0.257 e. The van der Waals surface area contributed by atoms with Crippen molar-refractivity contribution in [1.82, 2.24) is 10.3 Å². The summed E-state index contributed by atoms with van der Waals surface area (Å²) >= 11 is 3.19. The van der Waals surface area contributed by atoms with Gasteiger partial charge in [-0.2, -0.15) is 0 Å². The first-order valence-corrected chi connectivity index (χ1v) is 8.11. The number of hydrogen-bond acceptors (Lipinski definition) is 4. The molecule has 5 nitrogen and oxygen atoms in total. The van der Waals surface area contributed by atoms with Gasteiger partial charge in [0.15, 0.2) is 0 Å². The third-order valence-corrected chi connectivity index (χ3v) is 4.30. The first-order chi connectivity index (χ1) is 11.1. The molecule has 2 aromatic rings. The first kappa shape index (κ1) is 18.6. The number of nitrogens with one attached hydrogen (secondary N) is 2. The minimum Gasteiger partial charge on any atom is -0.368 e. The topological polar surface area (TPSA) is 57.3 Å². The van der Waals surface area contributed by atoms with E-state index in [1.165, 1.54) is 18.2 Å². The van der Waals surface area contributed by atoms with Gasteiger partial charge in [-0.1, -0.05) is 0 Å². The summed E-state index contributed by atoms with van der Waals surface area (Å²) in [5, 5.41) is 6.01. The largest absolute Gasteiger partial charge is 0.368 e. The van der Waals surface area contributed by atoms with Gasteiger partial charge in [-0.3, -0.25) is 4.79 Å². The molecule has 1 amide bonds. The van der Waals surface area contributed by atoms with Crippen LogP contribution < -0.4 is 15.5 Å². The average Bonchev–Trinajstić information content (AvgIpc) is 2.56. The quantitative estimate of drug-likeness (QED) is 0.809. The second kappa shape index (κ2) is 8.41. The number of benzene rings is 1. The first-order valence-electron chi connectivity index (χ1n) is 7.31. The van der Waals surface area contributed by atoms with Crippen LogP contribution in [0.4, 0.5) is 15.9 Å². The van der Waals surface area contributed by atoms with Gasteiger partial charge in [-0.25, -0.2) is 9.37 Å². The zero-order chi connectivity index (χ0) is 16.2. The Morgan fingerprint density at radius 2 is 2.00 bits per heavy atom. The summed E-state index contributed by atoms with van der Waals surface area (Å²) < 4.78 is 13.5. The summed E-state index contributed by atoms with van der Waals surface area (Å²) in [5.41, 5.74) is 1.40. The van der Waals surface area contributed by atoms with Crippen molar-refractivity contribution < 1.29 is 9.18 Å². The predicted molar refractivity (Wildman–Crippen MR) is 98.6 cm³/mol. The van der Waals surface area contributed by atoms with Crippen molar-refractivity contribution in [2.24, 2.45) is 0 Å². The Labute approximate surface area is 154 Å². The molecule has 1 aromatic heterocycles. The van der Waals surface area contributed by atoms with Gasteiger partial charge in [0.1, 0.15) is 11.6 Å². The highest BCUT2D eigenvalue weighted by Crippen LogP contribution is 2.20. The maximum atomic E-state index is 13.1. The molecule has 24 heavy (non-hydrogen) atoms. The number of halogens is 3. The molecule has 1 aromatic carbocycles. The molecule has 0 atom stereocenters. The van der Waals surface area contributed by atoms with Crippen LogP contribution in [0.2, 0.25) is 0 Å². The SMILES string of the molecule is Cl.O=C(Nc1ccc(N2CCNCC2)cn1)c1ccc(F)cc1Br. The van der Waals surface area contributed by atoms with Gasteiger partial charge >= 0.3 is 0 Å². The zero-order valence-corrected chi connectivity index (χ0v) is 15.2. The molecule has 0 radical (unpaired) electrons. The van der Waals surface area contributed by atoms with E-state index < -0.39 is 5.82 Å². The van der Waals surface area contributed by atoms with E-state index in [1.54, 1.807) is 12.3 Å². The van der Waals surface area contributed by atoms with E-state index in [0.29, 0.717) is 15.9 Å². The highest BCUT2D eigenvalue weighted by molar-refractivity contribution is 9.10. The van der Waals surface area contributed by atoms with Crippen molar-refractivity contribution in [3.63, 3.8) is 0 Å². The third-order valence-electron chi connectivity index (χ3n) is 3.65. The minimum absolute atomic E-state index is 0. The van der Waals surface area contributed by atoms with Gasteiger partial charge < -0.3 is 15.5 Å². The van der Waals surface area contributed by atoms with Crippen LogP contribution >= 0.6 is 28.3 Å². The van der Waals surface area contributed by atoms with Crippen molar-refractivity contribution in [2.45, 2.75) is 0 Å². The molecule has 0 spiro atoms. The molecule has 2 N–H and O–H groups in total. The van der Waals surface area contributed by atoms with Crippen LogP contribution in [-0.2, 0) is 0 Å². The van der Waals surface area contributed by atoms with Crippen molar-refractivity contribution in [2.75, 3.05) is 36.4 Å². The minimum atomic E-state index is -0.396. The lowest BCUT2D eigenvalue weighted by molar-refractivity contribution is 0.102. The van der Waals surface area contributed by atoms with E-state index in [4.69, 9.17) is 0 Å². The van der Waals surface area contributed by atoms with Crippen LogP contribution in [0.3, 0.4) is 0 Å². The summed E-state index contributed by atoms with van der Waals surface area (Å²) in [6, 6.07) is 7.65. The van der Waals surface area contributed by atoms with Gasteiger partial charge in [-0.15, -0.1) is 12.4 Å². The number of anilines is 2. The number of piperazine rings is 1. The zero-order valence-electron chi connectivity index (χ0n) is 12.8. The van der Waals surface area contributed by atoms with Gasteiger partial charge in [0, 0.05) is 30.7 Å². The Morgan fingerprint density at radius 3 is 2.62 bits per heavy atom. The third kappa shape index (κ3) is 4.43. The van der Waals surface area contributed by atoms with Crippen LogP contribution in [0.25, 0.3) is 0 Å². The summed E-state index contributed by atoms with van der Waals surface area (Å²) in [6.07, 6.45) is 1.75. The molecule has 128 valence electrons. The second-order valence-electron chi connectivity index (χ2n) is 5.22. The van der Waals surface area contributed by atoms with Crippen LogP contribution in [0.1, 0.15) is 10.4 Å². The fourth-order valence-electron chi connectivity index (χ4n) is 2.43. The van der Waals surface area contributed by atoms with Gasteiger partial charge in [0.2, 0.25) is 0 Å². The number of carbonyl (C=O) groups excluding carboxylic acids is 1. The van der Waals surface area contributed by atoms with Crippen LogP contribution in [0, 0.1) is 5.82 Å². The molecule has 0 bridgehead atoms. The highest BCUT2D eigenvalue weighted by Gasteiger charge is 2.13. The Bertz CT molecular complexity index is 708. The number of aromatic nitrogens is 1. The molecular weight excluding hydrogens is 399 g/mol. The van der Waals surface area contributed by atoms with Gasteiger partial charge in [0.25, 0.3) is 5.91 Å². The fourth-order valence-corrected chi connectivity index (χ4v) is 2.96. The van der Waals surface area contributed by atoms with E-state index in [1.807, 2.05) is 6.07 Å².